The molecule has 4 heteroatoms. The van der Waals surface area contributed by atoms with E-state index in [1.165, 1.54) is 16.7 Å². The number of fused-ring (bicyclic) bond motifs is 2. The van der Waals surface area contributed by atoms with E-state index in [4.69, 9.17) is 9.84 Å². The first-order valence-electron chi connectivity index (χ1n) is 9.19. The minimum absolute atomic E-state index is 0.208. The van der Waals surface area contributed by atoms with Gasteiger partial charge in [0.25, 0.3) is 0 Å². The van der Waals surface area contributed by atoms with Crippen LogP contribution in [0.5, 0.6) is 5.88 Å². The zero-order valence-electron chi connectivity index (χ0n) is 15.1. The Morgan fingerprint density at radius 3 is 2.92 bits per heavy atom. The first kappa shape index (κ1) is 15.4. The van der Waals surface area contributed by atoms with Crippen molar-refractivity contribution in [3.05, 3.63) is 59.2 Å². The van der Waals surface area contributed by atoms with Gasteiger partial charge in [-0.3, -0.25) is 4.99 Å². The van der Waals surface area contributed by atoms with Crippen LogP contribution in [-0.2, 0) is 6.54 Å². The van der Waals surface area contributed by atoms with Crippen LogP contribution >= 0.6 is 0 Å². The second kappa shape index (κ2) is 5.84. The van der Waals surface area contributed by atoms with Gasteiger partial charge in [0, 0.05) is 24.7 Å². The largest absolute Gasteiger partial charge is 0.477 e. The van der Waals surface area contributed by atoms with E-state index < -0.39 is 0 Å². The molecule has 3 heterocycles. The summed E-state index contributed by atoms with van der Waals surface area (Å²) in [5.41, 5.74) is 8.09. The van der Waals surface area contributed by atoms with Crippen LogP contribution in [0.4, 0.5) is 0 Å². The van der Waals surface area contributed by atoms with Crippen molar-refractivity contribution >= 4 is 6.21 Å². The van der Waals surface area contributed by atoms with Crippen LogP contribution in [0.1, 0.15) is 36.1 Å². The predicted octanol–water partition coefficient (Wildman–Crippen LogP) is 4.80. The van der Waals surface area contributed by atoms with Crippen molar-refractivity contribution in [3.63, 3.8) is 0 Å². The Balaban J connectivity index is 1.73. The molecule has 0 fully saturated rings. The number of ether oxygens (including phenoxy) is 1. The molecule has 0 aliphatic carbocycles. The van der Waals surface area contributed by atoms with E-state index in [0.29, 0.717) is 0 Å². The maximum Gasteiger partial charge on any atom is 0.220 e. The Morgan fingerprint density at radius 2 is 2.04 bits per heavy atom. The number of rotatable bonds is 2. The van der Waals surface area contributed by atoms with Gasteiger partial charge in [0.1, 0.15) is 5.69 Å². The third kappa shape index (κ3) is 2.37. The molecule has 0 spiro atoms. The molecule has 26 heavy (non-hydrogen) atoms. The smallest absolute Gasteiger partial charge is 0.220 e. The van der Waals surface area contributed by atoms with Gasteiger partial charge in [-0.1, -0.05) is 35.9 Å². The van der Waals surface area contributed by atoms with E-state index in [-0.39, 0.29) is 6.04 Å². The lowest BCUT2D eigenvalue weighted by Crippen LogP contribution is -2.14. The normalized spacial score (nSPS) is 17.7. The van der Waals surface area contributed by atoms with E-state index in [0.717, 1.165) is 47.8 Å². The van der Waals surface area contributed by atoms with Crippen LogP contribution < -0.4 is 4.74 Å². The van der Waals surface area contributed by atoms with Crippen molar-refractivity contribution in [2.45, 2.75) is 32.9 Å². The third-order valence-corrected chi connectivity index (χ3v) is 5.21. The van der Waals surface area contributed by atoms with Crippen LogP contribution in [0.3, 0.4) is 0 Å². The van der Waals surface area contributed by atoms with Crippen molar-refractivity contribution in [1.82, 2.24) is 9.78 Å². The van der Waals surface area contributed by atoms with Crippen molar-refractivity contribution < 1.29 is 4.74 Å². The molecule has 2 aliphatic rings. The standard InChI is InChI=1S/C22H21N3O/c1-14-5-3-6-17(11-14)21-20(22-25(24-21)9-4-10-26-22)16-7-8-18-13-23-15(2)19(18)12-16/h3,5-8,11-13,15H,4,9-10H2,1-2H3. The zero-order chi connectivity index (χ0) is 17.7. The molecule has 0 bridgehead atoms. The average Bonchev–Trinajstić information content (AvgIpc) is 3.22. The first-order valence-corrected chi connectivity index (χ1v) is 9.19. The Labute approximate surface area is 153 Å². The van der Waals surface area contributed by atoms with Crippen LogP contribution in [-0.4, -0.2) is 22.6 Å². The lowest BCUT2D eigenvalue weighted by Gasteiger charge is -2.16. The molecule has 1 unspecified atom stereocenters. The van der Waals surface area contributed by atoms with Crippen LogP contribution in [0.15, 0.2) is 47.5 Å². The summed E-state index contributed by atoms with van der Waals surface area (Å²) in [5, 5.41) is 4.91. The lowest BCUT2D eigenvalue weighted by molar-refractivity contribution is 0.231. The summed E-state index contributed by atoms with van der Waals surface area (Å²) < 4.78 is 8.07. The third-order valence-electron chi connectivity index (χ3n) is 5.21. The van der Waals surface area contributed by atoms with Gasteiger partial charge in [-0.05, 0) is 42.7 Å². The number of benzene rings is 2. The van der Waals surface area contributed by atoms with E-state index >= 15 is 0 Å². The lowest BCUT2D eigenvalue weighted by atomic mass is 9.95. The van der Waals surface area contributed by atoms with Crippen LogP contribution in [0.2, 0.25) is 0 Å². The van der Waals surface area contributed by atoms with Gasteiger partial charge in [-0.2, -0.15) is 5.10 Å². The number of aryl methyl sites for hydroxylation is 2. The first-order chi connectivity index (χ1) is 12.7. The van der Waals surface area contributed by atoms with Gasteiger partial charge < -0.3 is 4.74 Å². The van der Waals surface area contributed by atoms with Gasteiger partial charge in [0.15, 0.2) is 0 Å². The van der Waals surface area contributed by atoms with Gasteiger partial charge in [-0.15, -0.1) is 0 Å². The SMILES string of the molecule is Cc1cccc(-c2nn3c(c2-c2ccc4c(c2)C(C)N=C4)OCCC3)c1. The number of hydrogen-bond acceptors (Lipinski definition) is 3. The monoisotopic (exact) mass is 343 g/mol. The highest BCUT2D eigenvalue weighted by Gasteiger charge is 2.25. The van der Waals surface area contributed by atoms with E-state index in [9.17, 15) is 0 Å². The van der Waals surface area contributed by atoms with Gasteiger partial charge in [-0.25, -0.2) is 4.68 Å². The molecule has 2 aromatic carbocycles. The molecule has 2 aliphatic heterocycles. The van der Waals surface area contributed by atoms with Gasteiger partial charge in [0.05, 0.1) is 18.2 Å². The molecule has 0 N–H and O–H groups in total. The molecule has 5 rings (SSSR count). The Hall–Kier alpha value is -2.88. The highest BCUT2D eigenvalue weighted by atomic mass is 16.5. The molecule has 130 valence electrons. The Bertz CT molecular complexity index is 1030. The minimum Gasteiger partial charge on any atom is -0.477 e. The predicted molar refractivity (Wildman–Crippen MR) is 104 cm³/mol. The summed E-state index contributed by atoms with van der Waals surface area (Å²) in [4.78, 5) is 4.53. The van der Waals surface area contributed by atoms with Gasteiger partial charge >= 0.3 is 0 Å². The summed E-state index contributed by atoms with van der Waals surface area (Å²) in [6, 6.07) is 15.3. The molecule has 3 aromatic rings. The maximum absolute atomic E-state index is 6.06. The summed E-state index contributed by atoms with van der Waals surface area (Å²) in [6.45, 7) is 5.90. The highest BCUT2D eigenvalue weighted by molar-refractivity contribution is 5.90. The molecule has 1 atom stereocenters. The van der Waals surface area contributed by atoms with Crippen molar-refractivity contribution in [2.24, 2.45) is 4.99 Å². The zero-order valence-corrected chi connectivity index (χ0v) is 15.1. The van der Waals surface area contributed by atoms with E-state index in [1.807, 2.05) is 10.9 Å². The topological polar surface area (TPSA) is 39.4 Å². The minimum atomic E-state index is 0.208. The number of aliphatic imine (C=N–C) groups is 1. The fourth-order valence-electron chi connectivity index (χ4n) is 3.86. The van der Waals surface area contributed by atoms with Crippen molar-refractivity contribution in [2.75, 3.05) is 6.61 Å². The molecule has 0 saturated carbocycles. The Morgan fingerprint density at radius 1 is 1.12 bits per heavy atom. The van der Waals surface area contributed by atoms with Crippen molar-refractivity contribution in [3.8, 4) is 28.3 Å². The summed E-state index contributed by atoms with van der Waals surface area (Å²) in [6.07, 6.45) is 2.96. The highest BCUT2D eigenvalue weighted by Crippen LogP contribution is 2.42. The summed E-state index contributed by atoms with van der Waals surface area (Å²) in [7, 11) is 0. The molecular weight excluding hydrogens is 322 g/mol. The van der Waals surface area contributed by atoms with E-state index in [2.05, 4.69) is 61.3 Å². The van der Waals surface area contributed by atoms with Gasteiger partial charge in [0.2, 0.25) is 5.88 Å². The summed E-state index contributed by atoms with van der Waals surface area (Å²) >= 11 is 0. The average molecular weight is 343 g/mol. The van der Waals surface area contributed by atoms with Crippen LogP contribution in [0, 0.1) is 6.92 Å². The molecule has 4 nitrogen and oxygen atoms in total. The summed E-state index contributed by atoms with van der Waals surface area (Å²) in [5.74, 6) is 0.888. The second-order valence-electron chi connectivity index (χ2n) is 7.12. The van der Waals surface area contributed by atoms with E-state index in [1.54, 1.807) is 0 Å². The quantitative estimate of drug-likeness (QED) is 0.670. The molecular formula is C22H21N3O. The number of hydrogen-bond donors (Lipinski definition) is 0. The Kier molecular flexibility index (Phi) is 3.45. The van der Waals surface area contributed by atoms with Crippen molar-refractivity contribution in [1.29, 1.82) is 0 Å². The molecule has 1 aromatic heterocycles. The maximum atomic E-state index is 6.06. The number of aromatic nitrogens is 2. The molecule has 0 amide bonds. The second-order valence-corrected chi connectivity index (χ2v) is 7.12. The fourth-order valence-corrected chi connectivity index (χ4v) is 3.86. The molecule has 0 saturated heterocycles. The fraction of sp³-hybridized carbons (Fsp3) is 0.273. The van der Waals surface area contributed by atoms with Crippen LogP contribution in [0.25, 0.3) is 22.4 Å². The number of nitrogens with zero attached hydrogens (tertiary/aromatic N) is 3. The molecule has 0 radical (unpaired) electrons.